The Morgan fingerprint density at radius 2 is 2.10 bits per heavy atom. The van der Waals surface area contributed by atoms with E-state index in [0.717, 1.165) is 4.47 Å². The molecule has 0 atom stereocenters. The number of nitrogens with one attached hydrogen (secondary N) is 2. The predicted molar refractivity (Wildman–Crippen MR) is 89.3 cm³/mol. The van der Waals surface area contributed by atoms with Crippen molar-refractivity contribution in [3.63, 3.8) is 0 Å². The van der Waals surface area contributed by atoms with E-state index in [2.05, 4.69) is 26.6 Å². The number of carbonyl (C=O) groups is 1. The van der Waals surface area contributed by atoms with Crippen LogP contribution in [0, 0.1) is 0 Å². The number of benzene rings is 2. The van der Waals surface area contributed by atoms with Crippen molar-refractivity contribution < 1.29 is 9.53 Å². The molecule has 0 bridgehead atoms. The molecule has 0 spiro atoms. The lowest BCUT2D eigenvalue weighted by Crippen LogP contribution is -2.21. The number of rotatable bonds is 5. The Morgan fingerprint density at radius 1 is 1.29 bits per heavy atom. The van der Waals surface area contributed by atoms with Crippen LogP contribution in [-0.4, -0.2) is 19.6 Å². The second-order valence-electron chi connectivity index (χ2n) is 4.26. The molecule has 0 aliphatic heterocycles. The first-order valence-corrected chi connectivity index (χ1v) is 7.38. The van der Waals surface area contributed by atoms with Gasteiger partial charge in [0.25, 0.3) is 0 Å². The number of anilines is 2. The van der Waals surface area contributed by atoms with Crippen LogP contribution in [0.3, 0.4) is 0 Å². The maximum atomic E-state index is 11.9. The van der Waals surface area contributed by atoms with Crippen molar-refractivity contribution in [1.82, 2.24) is 0 Å². The van der Waals surface area contributed by atoms with Gasteiger partial charge < -0.3 is 15.4 Å². The number of amides is 1. The predicted octanol–water partition coefficient (Wildman–Crippen LogP) is 4.16. The van der Waals surface area contributed by atoms with Gasteiger partial charge in [0.1, 0.15) is 5.75 Å². The molecule has 0 unspecified atom stereocenters. The highest BCUT2D eigenvalue weighted by Gasteiger charge is 2.05. The third kappa shape index (κ3) is 4.65. The lowest BCUT2D eigenvalue weighted by Gasteiger charge is -2.10. The van der Waals surface area contributed by atoms with E-state index in [4.69, 9.17) is 16.3 Å². The van der Waals surface area contributed by atoms with Gasteiger partial charge in [-0.25, -0.2) is 0 Å². The summed E-state index contributed by atoms with van der Waals surface area (Å²) in [6.07, 6.45) is 0. The van der Waals surface area contributed by atoms with Crippen molar-refractivity contribution >= 4 is 44.8 Å². The molecule has 0 saturated heterocycles. The summed E-state index contributed by atoms with van der Waals surface area (Å²) in [7, 11) is 1.58. The van der Waals surface area contributed by atoms with Crippen LogP contribution in [0.15, 0.2) is 46.9 Å². The maximum absolute atomic E-state index is 11.9. The molecule has 0 heterocycles. The van der Waals surface area contributed by atoms with E-state index in [1.54, 1.807) is 25.3 Å². The molecule has 1 amide bonds. The average Bonchev–Trinajstić information content (AvgIpc) is 2.46. The summed E-state index contributed by atoms with van der Waals surface area (Å²) < 4.78 is 5.99. The molecule has 2 rings (SSSR count). The second-order valence-corrected chi connectivity index (χ2v) is 5.58. The van der Waals surface area contributed by atoms with Crippen LogP contribution in [0.25, 0.3) is 0 Å². The van der Waals surface area contributed by atoms with Crippen molar-refractivity contribution in [3.05, 3.63) is 52.0 Å². The Hall–Kier alpha value is -1.72. The van der Waals surface area contributed by atoms with Gasteiger partial charge in [0, 0.05) is 16.2 Å². The number of halogens is 2. The first-order valence-electron chi connectivity index (χ1n) is 6.21. The molecule has 0 fully saturated rings. The van der Waals surface area contributed by atoms with E-state index in [1.165, 1.54) is 0 Å². The Labute approximate surface area is 136 Å². The molecule has 0 aliphatic rings. The summed E-state index contributed by atoms with van der Waals surface area (Å²) in [6, 6.07) is 12.6. The van der Waals surface area contributed by atoms with Crippen molar-refractivity contribution in [1.29, 1.82) is 0 Å². The first kappa shape index (κ1) is 15.7. The molecule has 0 saturated carbocycles. The van der Waals surface area contributed by atoms with Crippen LogP contribution in [0.2, 0.25) is 5.02 Å². The lowest BCUT2D eigenvalue weighted by atomic mass is 10.3. The van der Waals surface area contributed by atoms with Crippen LogP contribution < -0.4 is 15.4 Å². The summed E-state index contributed by atoms with van der Waals surface area (Å²) in [4.78, 5) is 11.9. The molecule has 4 nitrogen and oxygen atoms in total. The van der Waals surface area contributed by atoms with Gasteiger partial charge in [0.2, 0.25) is 5.91 Å². The molecule has 2 N–H and O–H groups in total. The smallest absolute Gasteiger partial charge is 0.243 e. The van der Waals surface area contributed by atoms with Crippen LogP contribution in [-0.2, 0) is 4.79 Å². The van der Waals surface area contributed by atoms with Gasteiger partial charge in [-0.05, 0) is 30.3 Å². The van der Waals surface area contributed by atoms with Crippen molar-refractivity contribution in [2.24, 2.45) is 0 Å². The highest BCUT2D eigenvalue weighted by atomic mass is 79.9. The molecule has 2 aromatic rings. The van der Waals surface area contributed by atoms with Gasteiger partial charge in [-0.3, -0.25) is 4.79 Å². The molecular weight excluding hydrogens is 356 g/mol. The summed E-state index contributed by atoms with van der Waals surface area (Å²) in [5, 5.41) is 6.33. The molecule has 0 radical (unpaired) electrons. The van der Waals surface area contributed by atoms with Crippen LogP contribution >= 0.6 is 27.5 Å². The van der Waals surface area contributed by atoms with E-state index in [-0.39, 0.29) is 12.5 Å². The van der Waals surface area contributed by atoms with E-state index >= 15 is 0 Å². The number of hydrogen-bond acceptors (Lipinski definition) is 3. The number of carbonyl (C=O) groups excluding carboxylic acids is 1. The van der Waals surface area contributed by atoms with E-state index in [9.17, 15) is 4.79 Å². The topological polar surface area (TPSA) is 50.4 Å². The van der Waals surface area contributed by atoms with Crippen molar-refractivity contribution in [3.8, 4) is 5.75 Å². The number of hydrogen-bond donors (Lipinski definition) is 2. The fourth-order valence-corrected chi connectivity index (χ4v) is 2.45. The molecule has 21 heavy (non-hydrogen) atoms. The van der Waals surface area contributed by atoms with Gasteiger partial charge in [0.15, 0.2) is 0 Å². The summed E-state index contributed by atoms with van der Waals surface area (Å²) in [5.74, 6) is 0.527. The van der Waals surface area contributed by atoms with Crippen molar-refractivity contribution in [2.75, 3.05) is 24.3 Å². The molecular formula is C15H14BrClN2O2. The molecule has 110 valence electrons. The summed E-state index contributed by atoms with van der Waals surface area (Å²) in [5.41, 5.74) is 1.39. The third-order valence-corrected chi connectivity index (χ3v) is 3.53. The maximum Gasteiger partial charge on any atom is 0.243 e. The minimum Gasteiger partial charge on any atom is -0.497 e. The molecule has 2 aromatic carbocycles. The zero-order valence-electron chi connectivity index (χ0n) is 11.3. The Morgan fingerprint density at radius 3 is 2.81 bits per heavy atom. The SMILES string of the molecule is COc1cccc(NC(=O)CNc2ccc(Br)cc2Cl)c1. The highest BCUT2D eigenvalue weighted by molar-refractivity contribution is 9.10. The van der Waals surface area contributed by atoms with Gasteiger partial charge in [-0.15, -0.1) is 0 Å². The third-order valence-electron chi connectivity index (χ3n) is 2.72. The minimum atomic E-state index is -0.165. The average molecular weight is 370 g/mol. The van der Waals surface area contributed by atoms with Crippen molar-refractivity contribution in [2.45, 2.75) is 0 Å². The normalized spacial score (nSPS) is 10.0. The van der Waals surface area contributed by atoms with E-state index in [0.29, 0.717) is 22.1 Å². The summed E-state index contributed by atoms with van der Waals surface area (Å²) in [6.45, 7) is 0.124. The number of methoxy groups -OCH3 is 1. The van der Waals surface area contributed by atoms with E-state index < -0.39 is 0 Å². The molecule has 0 aliphatic carbocycles. The Kier molecular flexibility index (Phi) is 5.47. The standard InChI is InChI=1S/C15H14BrClN2O2/c1-21-12-4-2-3-11(8-12)19-15(20)9-18-14-6-5-10(16)7-13(14)17/h2-8,18H,9H2,1H3,(H,19,20). The highest BCUT2D eigenvalue weighted by Crippen LogP contribution is 2.25. The minimum absolute atomic E-state index is 0.124. The largest absolute Gasteiger partial charge is 0.497 e. The van der Waals surface area contributed by atoms with Gasteiger partial charge >= 0.3 is 0 Å². The fraction of sp³-hybridized carbons (Fsp3) is 0.133. The first-order chi connectivity index (χ1) is 10.1. The lowest BCUT2D eigenvalue weighted by molar-refractivity contribution is -0.114. The van der Waals surface area contributed by atoms with Gasteiger partial charge in [-0.2, -0.15) is 0 Å². The van der Waals surface area contributed by atoms with Crippen LogP contribution in [0.5, 0.6) is 5.75 Å². The monoisotopic (exact) mass is 368 g/mol. The van der Waals surface area contributed by atoms with E-state index in [1.807, 2.05) is 24.3 Å². The second kappa shape index (κ2) is 7.33. The number of ether oxygens (including phenoxy) is 1. The molecule has 6 heteroatoms. The Bertz CT molecular complexity index is 649. The zero-order valence-corrected chi connectivity index (χ0v) is 13.7. The zero-order chi connectivity index (χ0) is 15.2. The van der Waals surface area contributed by atoms with Crippen LogP contribution in [0.1, 0.15) is 0 Å². The quantitative estimate of drug-likeness (QED) is 0.832. The Balaban J connectivity index is 1.92. The van der Waals surface area contributed by atoms with Crippen LogP contribution in [0.4, 0.5) is 11.4 Å². The molecule has 0 aromatic heterocycles. The van der Waals surface area contributed by atoms with Gasteiger partial charge in [-0.1, -0.05) is 33.6 Å². The van der Waals surface area contributed by atoms with Gasteiger partial charge in [0.05, 0.1) is 24.4 Å². The summed E-state index contributed by atoms with van der Waals surface area (Å²) >= 11 is 9.40. The fourth-order valence-electron chi connectivity index (χ4n) is 1.71.